The van der Waals surface area contributed by atoms with Crippen molar-refractivity contribution in [3.05, 3.63) is 47.4 Å². The minimum atomic E-state index is 0.512. The van der Waals surface area contributed by atoms with Crippen LogP contribution in [0.15, 0.2) is 30.5 Å². The van der Waals surface area contributed by atoms with Gasteiger partial charge in [0.2, 0.25) is 0 Å². The third-order valence-corrected chi connectivity index (χ3v) is 4.69. The standard InChI is InChI=1S/C19H27N5/c1-14-10-17(23(3)4)11-18(22-14)15-7-9-24(12-15)13-16-6-5-8-21-19(16)20-2/h5-6,8,10-11,15H,7,9,12-13H2,1-4H3,(H,20,21). The zero-order valence-corrected chi connectivity index (χ0v) is 15.1. The normalized spacial score (nSPS) is 17.9. The van der Waals surface area contributed by atoms with Crippen molar-refractivity contribution >= 4 is 11.5 Å². The number of aromatic nitrogens is 2. The molecule has 1 aliphatic heterocycles. The summed E-state index contributed by atoms with van der Waals surface area (Å²) in [5.74, 6) is 1.49. The molecule has 2 aromatic heterocycles. The maximum absolute atomic E-state index is 4.80. The molecule has 1 unspecified atom stereocenters. The van der Waals surface area contributed by atoms with Crippen molar-refractivity contribution in [2.24, 2.45) is 0 Å². The van der Waals surface area contributed by atoms with Crippen molar-refractivity contribution in [2.75, 3.05) is 44.4 Å². The summed E-state index contributed by atoms with van der Waals surface area (Å²) >= 11 is 0. The smallest absolute Gasteiger partial charge is 0.130 e. The SMILES string of the molecule is CNc1ncccc1CN1CCC(c2cc(N(C)C)cc(C)n2)C1. The van der Waals surface area contributed by atoms with Gasteiger partial charge < -0.3 is 10.2 Å². The fraction of sp³-hybridized carbons (Fsp3) is 0.474. The number of nitrogens with zero attached hydrogens (tertiary/aromatic N) is 4. The Hall–Kier alpha value is -2.14. The zero-order chi connectivity index (χ0) is 17.1. The Morgan fingerprint density at radius 2 is 2.17 bits per heavy atom. The Labute approximate surface area is 144 Å². The van der Waals surface area contributed by atoms with Crippen LogP contribution < -0.4 is 10.2 Å². The predicted octanol–water partition coefficient (Wildman–Crippen LogP) is 2.88. The van der Waals surface area contributed by atoms with E-state index in [4.69, 9.17) is 4.98 Å². The molecule has 2 aromatic rings. The lowest BCUT2D eigenvalue weighted by atomic mass is 10.0. The summed E-state index contributed by atoms with van der Waals surface area (Å²) in [7, 11) is 6.10. The molecule has 0 bridgehead atoms. The molecule has 0 spiro atoms. The van der Waals surface area contributed by atoms with E-state index >= 15 is 0 Å². The maximum atomic E-state index is 4.80. The molecule has 0 amide bonds. The van der Waals surface area contributed by atoms with Crippen LogP contribution >= 0.6 is 0 Å². The lowest BCUT2D eigenvalue weighted by Gasteiger charge is -2.19. The third kappa shape index (κ3) is 3.67. The second kappa shape index (κ2) is 7.18. The minimum absolute atomic E-state index is 0.512. The molecule has 3 heterocycles. The summed E-state index contributed by atoms with van der Waals surface area (Å²) in [5, 5.41) is 3.18. The lowest BCUT2D eigenvalue weighted by Crippen LogP contribution is -2.21. The number of likely N-dealkylation sites (tertiary alicyclic amines) is 1. The van der Waals surface area contributed by atoms with Gasteiger partial charge in [-0.1, -0.05) is 6.07 Å². The molecule has 1 fully saturated rings. The first-order valence-electron chi connectivity index (χ1n) is 8.56. The number of hydrogen-bond acceptors (Lipinski definition) is 5. The fourth-order valence-corrected chi connectivity index (χ4v) is 3.39. The van der Waals surface area contributed by atoms with Crippen LogP contribution in [0.3, 0.4) is 0 Å². The Bertz CT molecular complexity index is 698. The Morgan fingerprint density at radius 3 is 2.92 bits per heavy atom. The summed E-state index contributed by atoms with van der Waals surface area (Å²) in [5.41, 5.74) is 4.81. The highest BCUT2D eigenvalue weighted by molar-refractivity contribution is 5.47. The van der Waals surface area contributed by atoms with Gasteiger partial charge in [0.1, 0.15) is 5.82 Å². The van der Waals surface area contributed by atoms with Gasteiger partial charge in [-0.25, -0.2) is 4.98 Å². The van der Waals surface area contributed by atoms with Gasteiger partial charge in [-0.2, -0.15) is 0 Å². The summed E-state index contributed by atoms with van der Waals surface area (Å²) in [4.78, 5) is 13.9. The maximum Gasteiger partial charge on any atom is 0.130 e. The second-order valence-electron chi connectivity index (χ2n) is 6.77. The quantitative estimate of drug-likeness (QED) is 0.916. The van der Waals surface area contributed by atoms with Crippen molar-refractivity contribution in [1.82, 2.24) is 14.9 Å². The van der Waals surface area contributed by atoms with Crippen LogP contribution in [0.5, 0.6) is 0 Å². The molecule has 0 radical (unpaired) electrons. The third-order valence-electron chi connectivity index (χ3n) is 4.69. The van der Waals surface area contributed by atoms with Gasteiger partial charge in [0.05, 0.1) is 0 Å². The highest BCUT2D eigenvalue weighted by Gasteiger charge is 2.26. The monoisotopic (exact) mass is 325 g/mol. The molecule has 24 heavy (non-hydrogen) atoms. The molecule has 5 nitrogen and oxygen atoms in total. The van der Waals surface area contributed by atoms with Crippen LogP contribution in [0.1, 0.15) is 29.3 Å². The van der Waals surface area contributed by atoms with E-state index < -0.39 is 0 Å². The summed E-state index contributed by atoms with van der Waals surface area (Å²) in [6.07, 6.45) is 3.00. The van der Waals surface area contributed by atoms with Crippen molar-refractivity contribution in [3.8, 4) is 0 Å². The van der Waals surface area contributed by atoms with Gasteiger partial charge in [0.25, 0.3) is 0 Å². The van der Waals surface area contributed by atoms with E-state index in [1.807, 2.05) is 19.3 Å². The van der Waals surface area contributed by atoms with Crippen LogP contribution in [-0.4, -0.2) is 49.1 Å². The van der Waals surface area contributed by atoms with E-state index in [-0.39, 0.29) is 0 Å². The molecule has 0 aromatic carbocycles. The number of aryl methyl sites for hydroxylation is 1. The first-order valence-corrected chi connectivity index (χ1v) is 8.56. The fourth-order valence-electron chi connectivity index (χ4n) is 3.39. The average Bonchev–Trinajstić information content (AvgIpc) is 3.03. The van der Waals surface area contributed by atoms with Gasteiger partial charge in [0, 0.05) is 69.0 Å². The summed E-state index contributed by atoms with van der Waals surface area (Å²) in [6.45, 7) is 5.18. The number of nitrogens with one attached hydrogen (secondary N) is 1. The lowest BCUT2D eigenvalue weighted by molar-refractivity contribution is 0.326. The number of hydrogen-bond donors (Lipinski definition) is 1. The Kier molecular flexibility index (Phi) is 5.00. The molecule has 0 saturated carbocycles. The van der Waals surface area contributed by atoms with Gasteiger partial charge in [-0.3, -0.25) is 9.88 Å². The Balaban J connectivity index is 1.71. The predicted molar refractivity (Wildman–Crippen MR) is 99.7 cm³/mol. The van der Waals surface area contributed by atoms with Crippen molar-refractivity contribution in [1.29, 1.82) is 0 Å². The van der Waals surface area contributed by atoms with Gasteiger partial charge in [-0.05, 0) is 38.1 Å². The van der Waals surface area contributed by atoms with Crippen molar-refractivity contribution < 1.29 is 0 Å². The number of pyridine rings is 2. The minimum Gasteiger partial charge on any atom is -0.378 e. The Morgan fingerprint density at radius 1 is 1.33 bits per heavy atom. The van der Waals surface area contributed by atoms with Crippen LogP contribution in [-0.2, 0) is 6.54 Å². The first-order chi connectivity index (χ1) is 11.6. The number of rotatable bonds is 5. The van der Waals surface area contributed by atoms with E-state index in [2.05, 4.69) is 59.3 Å². The molecule has 5 heteroatoms. The van der Waals surface area contributed by atoms with Crippen LogP contribution in [0, 0.1) is 6.92 Å². The van der Waals surface area contributed by atoms with E-state index in [9.17, 15) is 0 Å². The summed E-state index contributed by atoms with van der Waals surface area (Å²) in [6, 6.07) is 8.55. The van der Waals surface area contributed by atoms with Gasteiger partial charge >= 0.3 is 0 Å². The highest BCUT2D eigenvalue weighted by Crippen LogP contribution is 2.30. The molecule has 1 N–H and O–H groups in total. The van der Waals surface area contributed by atoms with E-state index in [1.54, 1.807) is 0 Å². The van der Waals surface area contributed by atoms with Gasteiger partial charge in [-0.15, -0.1) is 0 Å². The van der Waals surface area contributed by atoms with E-state index in [1.165, 1.54) is 23.4 Å². The second-order valence-corrected chi connectivity index (χ2v) is 6.77. The molecule has 3 rings (SSSR count). The van der Waals surface area contributed by atoms with Crippen molar-refractivity contribution in [3.63, 3.8) is 0 Å². The number of anilines is 2. The van der Waals surface area contributed by atoms with Crippen LogP contribution in [0.25, 0.3) is 0 Å². The van der Waals surface area contributed by atoms with Gasteiger partial charge in [0.15, 0.2) is 0 Å². The van der Waals surface area contributed by atoms with Crippen LogP contribution in [0.4, 0.5) is 11.5 Å². The molecular formula is C19H27N5. The van der Waals surface area contributed by atoms with Crippen LogP contribution in [0.2, 0.25) is 0 Å². The molecular weight excluding hydrogens is 298 g/mol. The molecule has 0 aliphatic carbocycles. The molecule has 1 aliphatic rings. The first kappa shape index (κ1) is 16.7. The summed E-state index contributed by atoms with van der Waals surface area (Å²) < 4.78 is 0. The molecule has 1 saturated heterocycles. The van der Waals surface area contributed by atoms with Crippen molar-refractivity contribution in [2.45, 2.75) is 25.8 Å². The van der Waals surface area contributed by atoms with E-state index in [0.717, 1.165) is 31.1 Å². The van der Waals surface area contributed by atoms with E-state index in [0.29, 0.717) is 5.92 Å². The topological polar surface area (TPSA) is 44.3 Å². The largest absolute Gasteiger partial charge is 0.378 e. The average molecular weight is 325 g/mol. The molecule has 1 atom stereocenters. The molecule has 128 valence electrons. The zero-order valence-electron chi connectivity index (χ0n) is 15.1. The highest BCUT2D eigenvalue weighted by atomic mass is 15.2.